The number of methoxy groups -OCH3 is 1. The van der Waals surface area contributed by atoms with Crippen LogP contribution in [0.2, 0.25) is 5.02 Å². The number of cyclic esters (lactones) is 1. The van der Waals surface area contributed by atoms with E-state index < -0.39 is 53.4 Å². The number of benzene rings is 1. The average Bonchev–Trinajstić information content (AvgIpc) is 3.89. The van der Waals surface area contributed by atoms with Gasteiger partial charge in [-0.2, -0.15) is 0 Å². The van der Waals surface area contributed by atoms with Gasteiger partial charge in [0, 0.05) is 44.0 Å². The molecule has 0 radical (unpaired) electrons. The normalized spacial score (nSPS) is 29.6. The first-order valence-corrected chi connectivity index (χ1v) is 19.1. The Morgan fingerprint density at radius 3 is 2.40 bits per heavy atom. The van der Waals surface area contributed by atoms with Crippen molar-refractivity contribution < 1.29 is 58.9 Å². The predicted molar refractivity (Wildman–Crippen MR) is 208 cm³/mol. The Bertz CT molecular complexity index is 1440. The summed E-state index contributed by atoms with van der Waals surface area (Å²) in [5, 5.41) is 51.5. The van der Waals surface area contributed by atoms with E-state index in [1.54, 1.807) is 51.3 Å². The smallest absolute Gasteiger partial charge is 0.309 e. The maximum absolute atomic E-state index is 12.9. The summed E-state index contributed by atoms with van der Waals surface area (Å²) in [7, 11) is 1.69. The fourth-order valence-electron chi connectivity index (χ4n) is 7.17. The van der Waals surface area contributed by atoms with Crippen LogP contribution in [0.1, 0.15) is 79.7 Å². The second kappa shape index (κ2) is 22.6. The Morgan fingerprint density at radius 1 is 1.20 bits per heavy atom. The van der Waals surface area contributed by atoms with Crippen LogP contribution in [0.25, 0.3) is 0 Å². The molecule has 0 amide bonds. The molecule has 310 valence electrons. The van der Waals surface area contributed by atoms with Gasteiger partial charge in [-0.25, -0.2) is 0 Å². The number of carbonyl (C=O) groups is 3. The fraction of sp³-hybridized carbons (Fsp3) is 0.634. The van der Waals surface area contributed by atoms with Crippen LogP contribution in [0, 0.1) is 11.8 Å². The second-order valence-corrected chi connectivity index (χ2v) is 15.3. The molecular formula is C41H62ClNO12. The quantitative estimate of drug-likeness (QED) is 0.0543. The van der Waals surface area contributed by atoms with Gasteiger partial charge in [0.05, 0.1) is 43.0 Å². The van der Waals surface area contributed by atoms with Crippen molar-refractivity contribution in [3.05, 3.63) is 70.8 Å². The Labute approximate surface area is 330 Å². The van der Waals surface area contributed by atoms with Crippen molar-refractivity contribution in [2.24, 2.45) is 11.8 Å². The first-order valence-electron chi connectivity index (χ1n) is 18.7. The van der Waals surface area contributed by atoms with Gasteiger partial charge in [-0.3, -0.25) is 19.3 Å². The van der Waals surface area contributed by atoms with E-state index in [1.165, 1.54) is 13.8 Å². The zero-order valence-electron chi connectivity index (χ0n) is 33.3. The molecule has 1 aromatic rings. The summed E-state index contributed by atoms with van der Waals surface area (Å²) >= 11 is 6.15. The lowest BCUT2D eigenvalue weighted by Crippen LogP contribution is -2.54. The standard InChI is InChI=1S/C40H60ClNO10.CH2O2/c1-9-32(49-8)27(4)36-37(52-36)38(42(21-22-43)24-29-13-15-30(41)16-14-29)40(7,48)19-10-11-25(2)35-26(3)12-17-33(50-28(5)44)39(6,47)20-18-31(45)23-34(46)51-35;2-1-3/h10-17,19,26-27,31-33,35-38,43,45,47-48H,9,18,20-24H2,1-8H3;1H,(H,2,3)/b17-12+,19-10+,25-11+;/t26-,27+,31+,32-,33-,35+,36+,37-,38?,39+,40?;/m0./s1. The third-order valence-electron chi connectivity index (χ3n) is 10.2. The Balaban J connectivity index is 0.00000337. The summed E-state index contributed by atoms with van der Waals surface area (Å²) in [5.74, 6) is -1.51. The van der Waals surface area contributed by atoms with Gasteiger partial charge in [0.1, 0.15) is 23.9 Å². The lowest BCUT2D eigenvalue weighted by Gasteiger charge is -2.39. The number of allylic oxidation sites excluding steroid dienone is 2. The number of esters is 2. The minimum Gasteiger partial charge on any atom is -0.483 e. The van der Waals surface area contributed by atoms with Gasteiger partial charge in [0.25, 0.3) is 6.47 Å². The molecule has 1 fully saturated rings. The summed E-state index contributed by atoms with van der Waals surface area (Å²) in [6.07, 6.45) is 5.88. The highest BCUT2D eigenvalue weighted by molar-refractivity contribution is 6.30. The molecule has 3 rings (SSSR count). The van der Waals surface area contributed by atoms with Gasteiger partial charge >= 0.3 is 11.9 Å². The van der Waals surface area contributed by atoms with E-state index in [9.17, 15) is 30.0 Å². The SMILES string of the molecule is CC[C@H](OC)[C@@H](C)[C@H]1O[C@@H]1C(N(CCO)Cc1ccc(Cl)cc1)C(C)(O)/C=C/C=C(\C)[C@H]1OC(=O)C[C@H](O)CC[C@@](C)(O)[C@@H](OC(C)=O)/C=C/[C@@H]1C.O=CO. The fourth-order valence-corrected chi connectivity index (χ4v) is 7.30. The van der Waals surface area contributed by atoms with Crippen LogP contribution in [0.4, 0.5) is 0 Å². The topological polar surface area (TPSA) is 196 Å². The molecule has 13 nitrogen and oxygen atoms in total. The van der Waals surface area contributed by atoms with Crippen LogP contribution in [0.5, 0.6) is 0 Å². The molecule has 2 aliphatic heterocycles. The van der Waals surface area contributed by atoms with Gasteiger partial charge in [0.15, 0.2) is 0 Å². The van der Waals surface area contributed by atoms with Crippen molar-refractivity contribution in [2.45, 2.75) is 135 Å². The molecule has 5 N–H and O–H groups in total. The molecular weight excluding hydrogens is 734 g/mol. The number of hydrogen-bond donors (Lipinski definition) is 5. The molecule has 0 aromatic heterocycles. The lowest BCUT2D eigenvalue weighted by molar-refractivity contribution is -0.157. The number of hydrogen-bond acceptors (Lipinski definition) is 12. The second-order valence-electron chi connectivity index (χ2n) is 14.9. The van der Waals surface area contributed by atoms with Crippen molar-refractivity contribution in [1.29, 1.82) is 0 Å². The molecule has 2 unspecified atom stereocenters. The van der Waals surface area contributed by atoms with Crippen LogP contribution in [-0.2, 0) is 39.9 Å². The van der Waals surface area contributed by atoms with Crippen molar-refractivity contribution in [3.63, 3.8) is 0 Å². The van der Waals surface area contributed by atoms with E-state index in [-0.39, 0.29) is 63.1 Å². The number of aliphatic hydroxyl groups is 4. The number of rotatable bonds is 15. The van der Waals surface area contributed by atoms with Crippen LogP contribution in [-0.4, -0.2) is 123 Å². The van der Waals surface area contributed by atoms with E-state index in [4.69, 9.17) is 40.4 Å². The molecule has 2 aliphatic rings. The predicted octanol–water partition coefficient (Wildman–Crippen LogP) is 4.62. The molecule has 0 aliphatic carbocycles. The molecule has 14 heteroatoms. The molecule has 0 bridgehead atoms. The van der Waals surface area contributed by atoms with Gasteiger partial charge in [-0.1, -0.05) is 68.8 Å². The van der Waals surface area contributed by atoms with E-state index in [0.29, 0.717) is 17.1 Å². The first kappa shape index (κ1) is 48.0. The summed E-state index contributed by atoms with van der Waals surface area (Å²) in [6, 6.07) is 6.89. The number of nitrogens with zero attached hydrogens (tertiary/aromatic N) is 1. The highest BCUT2D eigenvalue weighted by Gasteiger charge is 2.56. The number of carboxylic acid groups (broad SMARTS) is 1. The largest absolute Gasteiger partial charge is 0.483 e. The molecule has 11 atom stereocenters. The molecule has 1 saturated heterocycles. The van der Waals surface area contributed by atoms with E-state index >= 15 is 0 Å². The monoisotopic (exact) mass is 795 g/mol. The van der Waals surface area contributed by atoms with Crippen LogP contribution < -0.4 is 0 Å². The molecule has 2 heterocycles. The minimum absolute atomic E-state index is 0.0227. The molecule has 55 heavy (non-hydrogen) atoms. The maximum atomic E-state index is 12.9. The van der Waals surface area contributed by atoms with E-state index in [0.717, 1.165) is 12.0 Å². The van der Waals surface area contributed by atoms with Gasteiger partial charge < -0.3 is 44.5 Å². The molecule has 0 spiro atoms. The van der Waals surface area contributed by atoms with Crippen molar-refractivity contribution in [3.8, 4) is 0 Å². The zero-order chi connectivity index (χ0) is 41.5. The summed E-state index contributed by atoms with van der Waals surface area (Å²) in [5.41, 5.74) is -1.31. The summed E-state index contributed by atoms with van der Waals surface area (Å²) in [6.45, 7) is 12.6. The van der Waals surface area contributed by atoms with Crippen molar-refractivity contribution in [1.82, 2.24) is 4.90 Å². The average molecular weight is 796 g/mol. The van der Waals surface area contributed by atoms with Gasteiger partial charge in [-0.05, 0) is 69.4 Å². The Hall–Kier alpha value is -3.14. The Kier molecular flexibility index (Phi) is 19.7. The number of halogens is 1. The third kappa shape index (κ3) is 15.0. The first-order chi connectivity index (χ1) is 25.8. The van der Waals surface area contributed by atoms with Crippen LogP contribution in [0.15, 0.2) is 60.2 Å². The number of epoxide rings is 1. The zero-order valence-corrected chi connectivity index (χ0v) is 34.1. The van der Waals surface area contributed by atoms with E-state index in [2.05, 4.69) is 13.8 Å². The minimum atomic E-state index is -1.47. The third-order valence-corrected chi connectivity index (χ3v) is 10.5. The number of carbonyl (C=O) groups excluding carboxylic acids is 2. The van der Waals surface area contributed by atoms with Gasteiger partial charge in [-0.15, -0.1) is 0 Å². The lowest BCUT2D eigenvalue weighted by atomic mass is 9.86. The number of aliphatic hydroxyl groups excluding tert-OH is 2. The molecule has 0 saturated carbocycles. The van der Waals surface area contributed by atoms with Crippen LogP contribution in [0.3, 0.4) is 0 Å². The summed E-state index contributed by atoms with van der Waals surface area (Å²) in [4.78, 5) is 35.2. The Morgan fingerprint density at radius 2 is 1.84 bits per heavy atom. The van der Waals surface area contributed by atoms with Crippen LogP contribution >= 0.6 is 11.6 Å². The maximum Gasteiger partial charge on any atom is 0.309 e. The molecule has 1 aromatic carbocycles. The highest BCUT2D eigenvalue weighted by atomic mass is 35.5. The van der Waals surface area contributed by atoms with Crippen molar-refractivity contribution >= 4 is 30.0 Å². The summed E-state index contributed by atoms with van der Waals surface area (Å²) < 4.78 is 23.3. The number of ether oxygens (including phenoxy) is 4. The van der Waals surface area contributed by atoms with Gasteiger partial charge in [0.2, 0.25) is 0 Å². The highest BCUT2D eigenvalue weighted by Crippen LogP contribution is 2.41. The van der Waals surface area contributed by atoms with E-state index in [1.807, 2.05) is 36.1 Å². The van der Waals surface area contributed by atoms with Crippen molar-refractivity contribution in [2.75, 3.05) is 20.3 Å².